The first-order chi connectivity index (χ1) is 10.1. The van der Waals surface area contributed by atoms with E-state index in [1.165, 1.54) is 25.3 Å². The minimum Gasteiger partial charge on any atom is -0.398 e. The number of rotatable bonds is 3. The van der Waals surface area contributed by atoms with Gasteiger partial charge in [-0.2, -0.15) is 5.10 Å². The van der Waals surface area contributed by atoms with E-state index < -0.39 is 6.43 Å². The molecule has 5 heteroatoms. The van der Waals surface area contributed by atoms with Crippen LogP contribution in [0.2, 0.25) is 0 Å². The SMILES string of the molecule is CCC1CCC(n2cc3cc(N)c(C(F)F)cc3n2)CC1. The van der Waals surface area contributed by atoms with Gasteiger partial charge >= 0.3 is 0 Å². The van der Waals surface area contributed by atoms with E-state index in [0.29, 0.717) is 11.6 Å². The lowest BCUT2D eigenvalue weighted by Crippen LogP contribution is -2.18. The van der Waals surface area contributed by atoms with E-state index in [1.807, 2.05) is 10.9 Å². The molecule has 0 radical (unpaired) electrons. The average molecular weight is 293 g/mol. The van der Waals surface area contributed by atoms with Crippen LogP contribution in [0.4, 0.5) is 14.5 Å². The number of nitrogens with two attached hydrogens (primary N) is 1. The number of benzene rings is 1. The number of fused-ring (bicyclic) bond motifs is 1. The predicted molar refractivity (Wildman–Crippen MR) is 80.4 cm³/mol. The van der Waals surface area contributed by atoms with Crippen molar-refractivity contribution in [3.63, 3.8) is 0 Å². The number of nitrogen functional groups attached to an aromatic ring is 1. The first-order valence-corrected chi connectivity index (χ1v) is 7.65. The highest BCUT2D eigenvalue weighted by Crippen LogP contribution is 2.35. The second-order valence-electron chi connectivity index (χ2n) is 6.03. The summed E-state index contributed by atoms with van der Waals surface area (Å²) in [6, 6.07) is 3.41. The Hall–Kier alpha value is -1.65. The van der Waals surface area contributed by atoms with E-state index in [1.54, 1.807) is 6.07 Å². The second-order valence-corrected chi connectivity index (χ2v) is 6.03. The predicted octanol–water partition coefficient (Wildman–Crippen LogP) is 4.70. The van der Waals surface area contributed by atoms with Gasteiger partial charge in [-0.15, -0.1) is 0 Å². The standard InChI is InChI=1S/C16H21F2N3/c1-2-10-3-5-12(6-4-10)21-9-11-7-14(19)13(16(17)18)8-15(11)20-21/h7-10,12,16H,2-6,19H2,1H3. The summed E-state index contributed by atoms with van der Waals surface area (Å²) in [4.78, 5) is 0. The average Bonchev–Trinajstić information content (AvgIpc) is 2.89. The van der Waals surface area contributed by atoms with Crippen molar-refractivity contribution in [3.8, 4) is 0 Å². The third-order valence-corrected chi connectivity index (χ3v) is 4.73. The van der Waals surface area contributed by atoms with Crippen LogP contribution < -0.4 is 5.73 Å². The molecule has 3 nitrogen and oxygen atoms in total. The third kappa shape index (κ3) is 2.74. The van der Waals surface area contributed by atoms with E-state index in [4.69, 9.17) is 5.73 Å². The van der Waals surface area contributed by atoms with Gasteiger partial charge in [-0.25, -0.2) is 8.78 Å². The van der Waals surface area contributed by atoms with Gasteiger partial charge in [-0.1, -0.05) is 13.3 Å². The van der Waals surface area contributed by atoms with Crippen molar-refractivity contribution in [2.45, 2.75) is 51.5 Å². The molecule has 1 saturated carbocycles. The first kappa shape index (κ1) is 14.3. The van der Waals surface area contributed by atoms with Crippen LogP contribution in [0.3, 0.4) is 0 Å². The van der Waals surface area contributed by atoms with Crippen LogP contribution in [-0.2, 0) is 0 Å². The molecule has 2 N–H and O–H groups in total. The third-order valence-electron chi connectivity index (χ3n) is 4.73. The van der Waals surface area contributed by atoms with E-state index in [2.05, 4.69) is 12.0 Å². The van der Waals surface area contributed by atoms with Gasteiger partial charge in [-0.3, -0.25) is 4.68 Å². The van der Waals surface area contributed by atoms with E-state index >= 15 is 0 Å². The monoisotopic (exact) mass is 293 g/mol. The molecule has 0 aliphatic heterocycles. The van der Waals surface area contributed by atoms with Crippen molar-refractivity contribution in [1.82, 2.24) is 9.78 Å². The minimum absolute atomic E-state index is 0.123. The lowest BCUT2D eigenvalue weighted by atomic mass is 9.85. The molecule has 0 spiro atoms. The van der Waals surface area contributed by atoms with Crippen LogP contribution >= 0.6 is 0 Å². The van der Waals surface area contributed by atoms with Crippen LogP contribution in [0.5, 0.6) is 0 Å². The van der Waals surface area contributed by atoms with Crippen LogP contribution in [0.15, 0.2) is 18.3 Å². The van der Waals surface area contributed by atoms with Crippen molar-refractivity contribution < 1.29 is 8.78 Å². The normalized spacial score (nSPS) is 23.0. The highest BCUT2D eigenvalue weighted by molar-refractivity contribution is 5.83. The highest BCUT2D eigenvalue weighted by atomic mass is 19.3. The van der Waals surface area contributed by atoms with Crippen molar-refractivity contribution in [1.29, 1.82) is 0 Å². The van der Waals surface area contributed by atoms with Gasteiger partial charge in [0.25, 0.3) is 6.43 Å². The topological polar surface area (TPSA) is 43.8 Å². The molecule has 0 atom stereocenters. The Bertz CT molecular complexity index is 628. The summed E-state index contributed by atoms with van der Waals surface area (Å²) >= 11 is 0. The molecular formula is C16H21F2N3. The van der Waals surface area contributed by atoms with Gasteiger partial charge in [-0.05, 0) is 43.7 Å². The fourth-order valence-corrected chi connectivity index (χ4v) is 3.32. The zero-order chi connectivity index (χ0) is 15.0. The van der Waals surface area contributed by atoms with Gasteiger partial charge in [0.05, 0.1) is 11.6 Å². The Labute approximate surface area is 123 Å². The molecule has 1 heterocycles. The highest BCUT2D eigenvalue weighted by Gasteiger charge is 2.22. The molecule has 21 heavy (non-hydrogen) atoms. The van der Waals surface area contributed by atoms with E-state index in [-0.39, 0.29) is 11.3 Å². The van der Waals surface area contributed by atoms with Crippen molar-refractivity contribution in [3.05, 3.63) is 23.9 Å². The molecule has 1 aliphatic rings. The summed E-state index contributed by atoms with van der Waals surface area (Å²) < 4.78 is 27.7. The zero-order valence-electron chi connectivity index (χ0n) is 12.2. The number of anilines is 1. The largest absolute Gasteiger partial charge is 0.398 e. The molecular weight excluding hydrogens is 272 g/mol. The van der Waals surface area contributed by atoms with Gasteiger partial charge in [0.15, 0.2) is 0 Å². The summed E-state index contributed by atoms with van der Waals surface area (Å²) in [6.45, 7) is 2.24. The summed E-state index contributed by atoms with van der Waals surface area (Å²) in [5.74, 6) is 0.826. The molecule has 1 aromatic carbocycles. The molecule has 0 unspecified atom stereocenters. The number of hydrogen-bond acceptors (Lipinski definition) is 2. The van der Waals surface area contributed by atoms with Crippen LogP contribution in [-0.4, -0.2) is 9.78 Å². The van der Waals surface area contributed by atoms with Gasteiger partial charge in [0.2, 0.25) is 0 Å². The van der Waals surface area contributed by atoms with Crippen molar-refractivity contribution >= 4 is 16.6 Å². The Balaban J connectivity index is 1.88. The molecule has 3 rings (SSSR count). The summed E-state index contributed by atoms with van der Waals surface area (Å²) in [5.41, 5.74) is 6.33. The lowest BCUT2D eigenvalue weighted by Gasteiger charge is -2.27. The molecule has 1 aliphatic carbocycles. The maximum atomic E-state index is 12.9. The van der Waals surface area contributed by atoms with Crippen molar-refractivity contribution in [2.24, 2.45) is 5.92 Å². The fraction of sp³-hybridized carbons (Fsp3) is 0.562. The van der Waals surface area contributed by atoms with Gasteiger partial charge < -0.3 is 5.73 Å². The fourth-order valence-electron chi connectivity index (χ4n) is 3.32. The first-order valence-electron chi connectivity index (χ1n) is 7.65. The molecule has 114 valence electrons. The van der Waals surface area contributed by atoms with Crippen LogP contribution in [0.1, 0.15) is 57.1 Å². The molecule has 0 amide bonds. The molecule has 0 saturated heterocycles. The molecule has 1 fully saturated rings. The molecule has 0 bridgehead atoms. The second kappa shape index (κ2) is 5.62. The Kier molecular flexibility index (Phi) is 3.83. The smallest absolute Gasteiger partial charge is 0.265 e. The maximum Gasteiger partial charge on any atom is 0.265 e. The van der Waals surface area contributed by atoms with Crippen LogP contribution in [0.25, 0.3) is 10.9 Å². The van der Waals surface area contributed by atoms with E-state index in [0.717, 1.165) is 24.1 Å². The maximum absolute atomic E-state index is 12.9. The lowest BCUT2D eigenvalue weighted by molar-refractivity contribution is 0.152. The van der Waals surface area contributed by atoms with Gasteiger partial charge in [0.1, 0.15) is 0 Å². The Morgan fingerprint density at radius 1 is 1.29 bits per heavy atom. The van der Waals surface area contributed by atoms with E-state index in [9.17, 15) is 8.78 Å². The van der Waals surface area contributed by atoms with Crippen LogP contribution in [0, 0.1) is 5.92 Å². The van der Waals surface area contributed by atoms with Crippen molar-refractivity contribution in [2.75, 3.05) is 5.73 Å². The number of aromatic nitrogens is 2. The Morgan fingerprint density at radius 3 is 2.62 bits per heavy atom. The zero-order valence-corrected chi connectivity index (χ0v) is 12.2. The molecule has 1 aromatic heterocycles. The van der Waals surface area contributed by atoms with Gasteiger partial charge in [0, 0.05) is 22.8 Å². The minimum atomic E-state index is -2.56. The number of nitrogens with zero attached hydrogens (tertiary/aromatic N) is 2. The number of hydrogen-bond donors (Lipinski definition) is 1. The summed E-state index contributed by atoms with van der Waals surface area (Å²) in [6.07, 6.45) is 5.30. The number of halogens is 2. The quantitative estimate of drug-likeness (QED) is 0.834. The Morgan fingerprint density at radius 2 is 2.00 bits per heavy atom. The molecule has 2 aromatic rings. The summed E-state index contributed by atoms with van der Waals surface area (Å²) in [5, 5.41) is 5.34. The summed E-state index contributed by atoms with van der Waals surface area (Å²) in [7, 11) is 0. The number of alkyl halides is 2.